The highest BCUT2D eigenvalue weighted by atomic mass is 79.9. The summed E-state index contributed by atoms with van der Waals surface area (Å²) in [6.45, 7) is 2.06. The number of hydrogen-bond acceptors (Lipinski definition) is 1. The van der Waals surface area contributed by atoms with Crippen LogP contribution in [0.25, 0.3) is 0 Å². The molecule has 0 aromatic heterocycles. The van der Waals surface area contributed by atoms with Gasteiger partial charge in [-0.05, 0) is 19.3 Å². The number of rotatable bonds is 8. The fourth-order valence-corrected chi connectivity index (χ4v) is 1.57. The van der Waals surface area contributed by atoms with E-state index in [1.54, 1.807) is 0 Å². The van der Waals surface area contributed by atoms with Gasteiger partial charge in [-0.15, -0.1) is 0 Å². The van der Waals surface area contributed by atoms with Crippen molar-refractivity contribution in [2.45, 2.75) is 51.9 Å². The van der Waals surface area contributed by atoms with Gasteiger partial charge in [-0.1, -0.05) is 35.7 Å². The van der Waals surface area contributed by atoms with E-state index >= 15 is 0 Å². The van der Waals surface area contributed by atoms with E-state index in [2.05, 4.69) is 22.9 Å². The molecule has 0 unspecified atom stereocenters. The maximum absolute atomic E-state index is 11.1. The maximum Gasteiger partial charge on any atom is 0.132 e. The molecule has 0 N–H and O–H groups in total. The molecule has 0 amide bonds. The number of unbranched alkanes of at least 4 members (excludes halogenated alkanes) is 3. The molecule has 2 heteroatoms. The van der Waals surface area contributed by atoms with Crippen molar-refractivity contribution in [3.05, 3.63) is 0 Å². The fraction of sp³-hybridized carbons (Fsp3) is 0.900. The quantitative estimate of drug-likeness (QED) is 0.463. The summed E-state index contributed by atoms with van der Waals surface area (Å²) < 4.78 is 0. The van der Waals surface area contributed by atoms with Crippen molar-refractivity contribution in [1.82, 2.24) is 0 Å². The molecule has 0 heterocycles. The lowest BCUT2D eigenvalue weighted by molar-refractivity contribution is -0.119. The minimum Gasteiger partial charge on any atom is -0.300 e. The second kappa shape index (κ2) is 9.24. The first-order valence-corrected chi connectivity index (χ1v) is 6.01. The van der Waals surface area contributed by atoms with Crippen molar-refractivity contribution >= 4 is 21.7 Å². The first-order chi connectivity index (χ1) is 5.81. The zero-order chi connectivity index (χ0) is 9.23. The lowest BCUT2D eigenvalue weighted by Gasteiger charge is -1.98. The zero-order valence-corrected chi connectivity index (χ0v) is 9.53. The molecule has 0 spiro atoms. The lowest BCUT2D eigenvalue weighted by Crippen LogP contribution is -1.96. The van der Waals surface area contributed by atoms with E-state index in [1.165, 1.54) is 19.3 Å². The van der Waals surface area contributed by atoms with Gasteiger partial charge in [0.15, 0.2) is 0 Å². The molecule has 0 aromatic rings. The largest absolute Gasteiger partial charge is 0.300 e. The van der Waals surface area contributed by atoms with E-state index in [0.717, 1.165) is 31.0 Å². The van der Waals surface area contributed by atoms with Crippen molar-refractivity contribution in [2.75, 3.05) is 5.33 Å². The minimum atomic E-state index is 0.441. The third kappa shape index (κ3) is 8.25. The first kappa shape index (κ1) is 12.2. The molecule has 0 atom stereocenters. The van der Waals surface area contributed by atoms with E-state index in [-0.39, 0.29) is 0 Å². The molecule has 12 heavy (non-hydrogen) atoms. The van der Waals surface area contributed by atoms with Crippen LogP contribution in [0.5, 0.6) is 0 Å². The number of halogens is 1. The van der Waals surface area contributed by atoms with Crippen LogP contribution >= 0.6 is 15.9 Å². The highest BCUT2D eigenvalue weighted by Gasteiger charge is 1.98. The predicted molar refractivity (Wildman–Crippen MR) is 56.8 cm³/mol. The number of Topliss-reactive ketones (excluding diaryl/α,β-unsaturated/α-hetero) is 1. The third-order valence-corrected chi connectivity index (χ3v) is 2.43. The Morgan fingerprint density at radius 3 is 2.33 bits per heavy atom. The van der Waals surface area contributed by atoms with Crippen molar-refractivity contribution in [3.63, 3.8) is 0 Å². The van der Waals surface area contributed by atoms with Gasteiger partial charge in [0.05, 0.1) is 0 Å². The molecule has 0 aliphatic carbocycles. The maximum atomic E-state index is 11.1. The second-order valence-electron chi connectivity index (χ2n) is 3.14. The standard InChI is InChI=1S/C10H19BrO/c1-2-7-10(12)8-5-3-4-6-9-11/h2-9H2,1H3. The Kier molecular flexibility index (Phi) is 9.36. The van der Waals surface area contributed by atoms with Gasteiger partial charge < -0.3 is 0 Å². The van der Waals surface area contributed by atoms with E-state index < -0.39 is 0 Å². The Morgan fingerprint density at radius 2 is 1.75 bits per heavy atom. The van der Waals surface area contributed by atoms with E-state index in [1.807, 2.05) is 0 Å². The summed E-state index contributed by atoms with van der Waals surface area (Å²) in [5, 5.41) is 1.09. The average molecular weight is 235 g/mol. The second-order valence-corrected chi connectivity index (χ2v) is 3.93. The Balaban J connectivity index is 3.03. The third-order valence-electron chi connectivity index (χ3n) is 1.87. The minimum absolute atomic E-state index is 0.441. The topological polar surface area (TPSA) is 17.1 Å². The number of hydrogen-bond donors (Lipinski definition) is 0. The molecule has 0 aromatic carbocycles. The number of ketones is 1. The Bertz CT molecular complexity index is 112. The van der Waals surface area contributed by atoms with Crippen LogP contribution in [0.15, 0.2) is 0 Å². The molecular weight excluding hydrogens is 216 g/mol. The fourth-order valence-electron chi connectivity index (χ4n) is 1.17. The van der Waals surface area contributed by atoms with Gasteiger partial charge in [0.2, 0.25) is 0 Å². The molecule has 0 radical (unpaired) electrons. The number of alkyl halides is 1. The van der Waals surface area contributed by atoms with Crippen LogP contribution in [0.3, 0.4) is 0 Å². The normalized spacial score (nSPS) is 10.2. The molecule has 0 fully saturated rings. The monoisotopic (exact) mass is 234 g/mol. The summed E-state index contributed by atoms with van der Waals surface area (Å²) in [5.74, 6) is 0.441. The van der Waals surface area contributed by atoms with Crippen molar-refractivity contribution in [2.24, 2.45) is 0 Å². The van der Waals surface area contributed by atoms with Crippen LogP contribution in [0.4, 0.5) is 0 Å². The summed E-state index contributed by atoms with van der Waals surface area (Å²) in [6, 6.07) is 0. The van der Waals surface area contributed by atoms with Gasteiger partial charge in [-0.25, -0.2) is 0 Å². The van der Waals surface area contributed by atoms with Crippen LogP contribution in [0, 0.1) is 0 Å². The van der Waals surface area contributed by atoms with Gasteiger partial charge in [-0.2, -0.15) is 0 Å². The summed E-state index contributed by atoms with van der Waals surface area (Å²) >= 11 is 3.39. The smallest absolute Gasteiger partial charge is 0.132 e. The molecule has 0 bridgehead atoms. The molecular formula is C10H19BrO. The van der Waals surface area contributed by atoms with Crippen molar-refractivity contribution in [1.29, 1.82) is 0 Å². The van der Waals surface area contributed by atoms with Crippen molar-refractivity contribution < 1.29 is 4.79 Å². The predicted octanol–water partition coefficient (Wildman–Crippen LogP) is 3.70. The highest BCUT2D eigenvalue weighted by molar-refractivity contribution is 9.09. The van der Waals surface area contributed by atoms with Crippen LogP contribution in [-0.4, -0.2) is 11.1 Å². The van der Waals surface area contributed by atoms with Crippen LogP contribution in [-0.2, 0) is 4.79 Å². The van der Waals surface area contributed by atoms with Gasteiger partial charge >= 0.3 is 0 Å². The molecule has 72 valence electrons. The first-order valence-electron chi connectivity index (χ1n) is 4.89. The average Bonchev–Trinajstić information content (AvgIpc) is 2.05. The summed E-state index contributed by atoms with van der Waals surface area (Å²) in [4.78, 5) is 11.1. The van der Waals surface area contributed by atoms with Crippen molar-refractivity contribution in [3.8, 4) is 0 Å². The van der Waals surface area contributed by atoms with E-state index in [9.17, 15) is 4.79 Å². The number of carbonyl (C=O) groups is 1. The van der Waals surface area contributed by atoms with Gasteiger partial charge in [0.25, 0.3) is 0 Å². The Labute approximate surface area is 84.1 Å². The van der Waals surface area contributed by atoms with Gasteiger partial charge in [0.1, 0.15) is 5.78 Å². The molecule has 0 saturated carbocycles. The molecule has 0 saturated heterocycles. The SMILES string of the molecule is CCCC(=O)CCCCCCBr. The van der Waals surface area contributed by atoms with E-state index in [0.29, 0.717) is 5.78 Å². The van der Waals surface area contributed by atoms with Gasteiger partial charge in [-0.3, -0.25) is 4.79 Å². The molecule has 0 rings (SSSR count). The van der Waals surface area contributed by atoms with Crippen LogP contribution < -0.4 is 0 Å². The Hall–Kier alpha value is 0.150. The summed E-state index contributed by atoms with van der Waals surface area (Å²) in [6.07, 6.45) is 7.37. The van der Waals surface area contributed by atoms with Crippen LogP contribution in [0.1, 0.15) is 51.9 Å². The summed E-state index contributed by atoms with van der Waals surface area (Å²) in [7, 11) is 0. The summed E-state index contributed by atoms with van der Waals surface area (Å²) in [5.41, 5.74) is 0. The van der Waals surface area contributed by atoms with Gasteiger partial charge in [0, 0.05) is 18.2 Å². The highest BCUT2D eigenvalue weighted by Crippen LogP contribution is 2.06. The number of carbonyl (C=O) groups excluding carboxylic acids is 1. The van der Waals surface area contributed by atoms with E-state index in [4.69, 9.17) is 0 Å². The zero-order valence-electron chi connectivity index (χ0n) is 7.94. The molecule has 0 aliphatic rings. The Morgan fingerprint density at radius 1 is 1.08 bits per heavy atom. The van der Waals surface area contributed by atoms with Crippen LogP contribution in [0.2, 0.25) is 0 Å². The molecule has 1 nitrogen and oxygen atoms in total. The molecule has 0 aliphatic heterocycles. The lowest BCUT2D eigenvalue weighted by atomic mass is 10.1.